The van der Waals surface area contributed by atoms with Crippen molar-refractivity contribution >= 4 is 35.0 Å². The molecule has 0 fully saturated rings. The number of carbonyl (C=O) groups is 1. The van der Waals surface area contributed by atoms with E-state index in [9.17, 15) is 4.79 Å². The van der Waals surface area contributed by atoms with E-state index in [0.29, 0.717) is 41.3 Å². The van der Waals surface area contributed by atoms with Crippen molar-refractivity contribution in [3.05, 3.63) is 60.3 Å². The third-order valence-corrected chi connectivity index (χ3v) is 4.41. The zero-order valence-corrected chi connectivity index (χ0v) is 17.0. The monoisotopic (exact) mass is 410 g/mol. The van der Waals surface area contributed by atoms with Crippen LogP contribution in [0.15, 0.2) is 59.9 Å². The number of methoxy groups -OCH3 is 1. The van der Waals surface area contributed by atoms with Crippen LogP contribution in [0.3, 0.4) is 0 Å². The molecule has 0 atom stereocenters. The highest BCUT2D eigenvalue weighted by atomic mass is 32.2. The van der Waals surface area contributed by atoms with E-state index in [1.165, 1.54) is 18.9 Å². The second-order valence-corrected chi connectivity index (χ2v) is 6.63. The average Bonchev–Trinajstić information content (AvgIpc) is 2.77. The van der Waals surface area contributed by atoms with E-state index >= 15 is 0 Å². The molecule has 0 bridgehead atoms. The number of nitrogens with one attached hydrogen (secondary N) is 3. The largest absolute Gasteiger partial charge is 0.480 e. The normalized spacial score (nSPS) is 10.3. The van der Waals surface area contributed by atoms with Gasteiger partial charge in [0.05, 0.1) is 7.11 Å². The minimum Gasteiger partial charge on any atom is -0.480 e. The zero-order valence-electron chi connectivity index (χ0n) is 16.2. The SMILES string of the molecule is COc1ncccc1C(=O)NCCNc1cc(Nc2ccccc2)nc(SC)n1. The maximum atomic E-state index is 12.3. The fourth-order valence-corrected chi connectivity index (χ4v) is 2.91. The Labute approximate surface area is 173 Å². The van der Waals surface area contributed by atoms with Crippen LogP contribution in [0, 0.1) is 0 Å². The van der Waals surface area contributed by atoms with Gasteiger partial charge in [0.25, 0.3) is 5.91 Å². The van der Waals surface area contributed by atoms with E-state index in [1.807, 2.05) is 42.7 Å². The fourth-order valence-electron chi connectivity index (χ4n) is 2.53. The van der Waals surface area contributed by atoms with Crippen LogP contribution in [0.1, 0.15) is 10.4 Å². The van der Waals surface area contributed by atoms with Crippen molar-refractivity contribution in [2.45, 2.75) is 5.16 Å². The summed E-state index contributed by atoms with van der Waals surface area (Å²) in [6.07, 6.45) is 3.50. The summed E-state index contributed by atoms with van der Waals surface area (Å²) in [7, 11) is 1.49. The van der Waals surface area contributed by atoms with Gasteiger partial charge in [-0.15, -0.1) is 0 Å². The van der Waals surface area contributed by atoms with Gasteiger partial charge < -0.3 is 20.7 Å². The van der Waals surface area contributed by atoms with Crippen molar-refractivity contribution < 1.29 is 9.53 Å². The molecule has 150 valence electrons. The number of carbonyl (C=O) groups excluding carboxylic acids is 1. The molecule has 3 rings (SSSR count). The van der Waals surface area contributed by atoms with Crippen molar-refractivity contribution in [1.29, 1.82) is 0 Å². The van der Waals surface area contributed by atoms with Crippen molar-refractivity contribution in [3.63, 3.8) is 0 Å². The molecule has 1 aromatic carbocycles. The first-order valence-corrected chi connectivity index (χ1v) is 10.2. The molecular formula is C20H22N6O2S. The third-order valence-electron chi connectivity index (χ3n) is 3.86. The molecule has 0 aliphatic carbocycles. The van der Waals surface area contributed by atoms with Gasteiger partial charge in [0.2, 0.25) is 5.88 Å². The average molecular weight is 411 g/mol. The van der Waals surface area contributed by atoms with Crippen LogP contribution >= 0.6 is 11.8 Å². The Morgan fingerprint density at radius 3 is 2.62 bits per heavy atom. The smallest absolute Gasteiger partial charge is 0.256 e. The second-order valence-electron chi connectivity index (χ2n) is 5.86. The van der Waals surface area contributed by atoms with E-state index < -0.39 is 0 Å². The number of benzene rings is 1. The van der Waals surface area contributed by atoms with E-state index in [0.717, 1.165) is 5.69 Å². The number of nitrogens with zero attached hydrogens (tertiary/aromatic N) is 3. The molecule has 9 heteroatoms. The molecule has 3 aromatic rings. The first-order chi connectivity index (χ1) is 14.2. The summed E-state index contributed by atoms with van der Waals surface area (Å²) in [5, 5.41) is 9.97. The van der Waals surface area contributed by atoms with Gasteiger partial charge >= 0.3 is 0 Å². The quantitative estimate of drug-likeness (QED) is 0.281. The highest BCUT2D eigenvalue weighted by Crippen LogP contribution is 2.20. The maximum absolute atomic E-state index is 12.3. The van der Waals surface area contributed by atoms with Gasteiger partial charge in [0, 0.05) is 31.0 Å². The molecule has 0 spiro atoms. The summed E-state index contributed by atoms with van der Waals surface area (Å²) in [5.74, 6) is 1.43. The Balaban J connectivity index is 1.57. The first-order valence-electron chi connectivity index (χ1n) is 8.96. The molecule has 0 saturated carbocycles. The highest BCUT2D eigenvalue weighted by molar-refractivity contribution is 7.98. The number of aromatic nitrogens is 3. The molecule has 0 saturated heterocycles. The molecule has 3 N–H and O–H groups in total. The minimum absolute atomic E-state index is 0.240. The van der Waals surface area contributed by atoms with Crippen LogP contribution in [0.25, 0.3) is 0 Å². The summed E-state index contributed by atoms with van der Waals surface area (Å²) in [4.78, 5) is 25.3. The molecule has 1 amide bonds. The summed E-state index contributed by atoms with van der Waals surface area (Å²) in [5.41, 5.74) is 1.35. The van der Waals surface area contributed by atoms with Crippen LogP contribution in [-0.2, 0) is 0 Å². The van der Waals surface area contributed by atoms with Gasteiger partial charge in [-0.2, -0.15) is 0 Å². The fraction of sp³-hybridized carbons (Fsp3) is 0.200. The topological polar surface area (TPSA) is 101 Å². The molecular weight excluding hydrogens is 388 g/mol. The number of para-hydroxylation sites is 1. The van der Waals surface area contributed by atoms with Crippen LogP contribution in [0.2, 0.25) is 0 Å². The Morgan fingerprint density at radius 1 is 1.07 bits per heavy atom. The summed E-state index contributed by atoms with van der Waals surface area (Å²) < 4.78 is 5.12. The van der Waals surface area contributed by atoms with Gasteiger partial charge in [0.1, 0.15) is 17.2 Å². The number of ether oxygens (including phenoxy) is 1. The van der Waals surface area contributed by atoms with Gasteiger partial charge in [-0.05, 0) is 30.5 Å². The van der Waals surface area contributed by atoms with Gasteiger partial charge in [-0.25, -0.2) is 15.0 Å². The van der Waals surface area contributed by atoms with Gasteiger partial charge in [-0.3, -0.25) is 4.79 Å². The van der Waals surface area contributed by atoms with Gasteiger partial charge in [0.15, 0.2) is 5.16 Å². The number of amides is 1. The van der Waals surface area contributed by atoms with Crippen LogP contribution in [0.4, 0.5) is 17.3 Å². The highest BCUT2D eigenvalue weighted by Gasteiger charge is 2.12. The number of pyridine rings is 1. The van der Waals surface area contributed by atoms with E-state index in [-0.39, 0.29) is 5.91 Å². The molecule has 29 heavy (non-hydrogen) atoms. The van der Waals surface area contributed by atoms with Crippen molar-refractivity contribution in [1.82, 2.24) is 20.3 Å². The lowest BCUT2D eigenvalue weighted by atomic mass is 10.2. The Kier molecular flexibility index (Phi) is 7.23. The Morgan fingerprint density at radius 2 is 1.86 bits per heavy atom. The minimum atomic E-state index is -0.240. The van der Waals surface area contributed by atoms with Crippen LogP contribution < -0.4 is 20.7 Å². The summed E-state index contributed by atoms with van der Waals surface area (Å²) >= 11 is 1.46. The lowest BCUT2D eigenvalue weighted by molar-refractivity contribution is 0.0951. The van der Waals surface area contributed by atoms with Crippen molar-refractivity contribution in [2.24, 2.45) is 0 Å². The molecule has 0 radical (unpaired) electrons. The van der Waals surface area contributed by atoms with E-state index in [2.05, 4.69) is 30.9 Å². The maximum Gasteiger partial charge on any atom is 0.256 e. The van der Waals surface area contributed by atoms with Crippen LogP contribution in [-0.4, -0.2) is 47.3 Å². The number of rotatable bonds is 9. The second kappa shape index (κ2) is 10.3. The number of thioether (sulfide) groups is 1. The van der Waals surface area contributed by atoms with E-state index in [4.69, 9.17) is 4.74 Å². The number of hydrogen-bond donors (Lipinski definition) is 3. The predicted molar refractivity (Wildman–Crippen MR) is 115 cm³/mol. The van der Waals surface area contributed by atoms with Crippen LogP contribution in [0.5, 0.6) is 5.88 Å². The van der Waals surface area contributed by atoms with Crippen molar-refractivity contribution in [2.75, 3.05) is 37.1 Å². The molecule has 0 aliphatic heterocycles. The molecule has 0 unspecified atom stereocenters. The third kappa shape index (κ3) is 5.82. The zero-order chi connectivity index (χ0) is 20.5. The predicted octanol–water partition coefficient (Wildman–Crippen LogP) is 3.19. The Hall–Kier alpha value is -3.33. The number of anilines is 3. The van der Waals surface area contributed by atoms with Crippen molar-refractivity contribution in [3.8, 4) is 5.88 Å². The summed E-state index contributed by atoms with van der Waals surface area (Å²) in [6.45, 7) is 0.918. The molecule has 2 aromatic heterocycles. The Bertz CT molecular complexity index is 955. The standard InChI is InChI=1S/C20H22N6O2S/c1-28-19-15(9-6-10-23-19)18(27)22-12-11-21-16-13-17(26-20(25-16)29-2)24-14-7-4-3-5-8-14/h3-10,13H,11-12H2,1-2H3,(H,22,27)(H2,21,24,25,26). The van der Waals surface area contributed by atoms with E-state index in [1.54, 1.807) is 18.3 Å². The lowest BCUT2D eigenvalue weighted by Crippen LogP contribution is -2.29. The molecule has 0 aliphatic rings. The first kappa shape index (κ1) is 20.4. The summed E-state index contributed by atoms with van der Waals surface area (Å²) in [6, 6.07) is 15.0. The lowest BCUT2D eigenvalue weighted by Gasteiger charge is -2.11. The molecule has 2 heterocycles. The number of hydrogen-bond acceptors (Lipinski definition) is 8. The molecule has 8 nitrogen and oxygen atoms in total. The van der Waals surface area contributed by atoms with Gasteiger partial charge in [-0.1, -0.05) is 30.0 Å².